The van der Waals surface area contributed by atoms with Crippen molar-refractivity contribution in [2.75, 3.05) is 18.6 Å². The molecule has 0 unspecified atom stereocenters. The summed E-state index contributed by atoms with van der Waals surface area (Å²) in [6, 6.07) is 5.79. The summed E-state index contributed by atoms with van der Waals surface area (Å²) >= 11 is 1.44. The molecule has 2 heterocycles. The predicted molar refractivity (Wildman–Crippen MR) is 90.6 cm³/mol. The monoisotopic (exact) mass is 332 g/mol. The Balaban J connectivity index is 1.68. The molecule has 2 aromatic rings. The van der Waals surface area contributed by atoms with Gasteiger partial charge in [0, 0.05) is 24.4 Å². The lowest BCUT2D eigenvalue weighted by molar-refractivity contribution is -0.120. The number of amides is 1. The first kappa shape index (κ1) is 15.8. The van der Waals surface area contributed by atoms with Crippen LogP contribution in [0.4, 0.5) is 5.13 Å². The summed E-state index contributed by atoms with van der Waals surface area (Å²) in [5.74, 6) is 1.22. The standard InChI is InChI=1S/C17H20N2O3S/c1-11-10-23-16(18-11)19(4)14(20)9-21-13-7-5-6-12-8-17(2,3)22-15(12)13/h5-7,10H,8-9H2,1-4H3. The molecular weight excluding hydrogens is 312 g/mol. The van der Waals surface area contributed by atoms with Gasteiger partial charge in [0.25, 0.3) is 5.91 Å². The van der Waals surface area contributed by atoms with Crippen molar-refractivity contribution in [1.29, 1.82) is 0 Å². The minimum atomic E-state index is -0.235. The molecule has 0 fully saturated rings. The fourth-order valence-corrected chi connectivity index (χ4v) is 3.32. The molecule has 1 aliphatic heterocycles. The van der Waals surface area contributed by atoms with Gasteiger partial charge in [-0.1, -0.05) is 12.1 Å². The highest BCUT2D eigenvalue weighted by Crippen LogP contribution is 2.41. The quantitative estimate of drug-likeness (QED) is 0.863. The Morgan fingerprint density at radius 3 is 2.96 bits per heavy atom. The molecule has 1 aromatic heterocycles. The number of para-hydroxylation sites is 1. The molecule has 1 aromatic carbocycles. The molecule has 0 saturated carbocycles. The van der Waals surface area contributed by atoms with Gasteiger partial charge in [-0.15, -0.1) is 11.3 Å². The molecule has 0 atom stereocenters. The number of thiazole rings is 1. The number of ether oxygens (including phenoxy) is 2. The van der Waals surface area contributed by atoms with Crippen molar-refractivity contribution < 1.29 is 14.3 Å². The molecule has 0 aliphatic carbocycles. The summed E-state index contributed by atoms with van der Waals surface area (Å²) in [5.41, 5.74) is 1.78. The number of nitrogens with zero attached hydrogens (tertiary/aromatic N) is 2. The number of aromatic nitrogens is 1. The van der Waals surface area contributed by atoms with Gasteiger partial charge in [0.05, 0.1) is 5.69 Å². The van der Waals surface area contributed by atoms with E-state index in [1.165, 1.54) is 16.2 Å². The van der Waals surface area contributed by atoms with Crippen LogP contribution in [-0.2, 0) is 11.2 Å². The first-order chi connectivity index (χ1) is 10.9. The average Bonchev–Trinajstić information content (AvgIpc) is 3.05. The van der Waals surface area contributed by atoms with Crippen LogP contribution in [0.15, 0.2) is 23.6 Å². The molecule has 1 aliphatic rings. The zero-order chi connectivity index (χ0) is 16.6. The van der Waals surface area contributed by atoms with Crippen LogP contribution >= 0.6 is 11.3 Å². The van der Waals surface area contributed by atoms with Gasteiger partial charge in [0.2, 0.25) is 0 Å². The molecule has 0 radical (unpaired) electrons. The van der Waals surface area contributed by atoms with Gasteiger partial charge in [-0.05, 0) is 26.8 Å². The average molecular weight is 332 g/mol. The molecule has 1 amide bonds. The summed E-state index contributed by atoms with van der Waals surface area (Å²) in [4.78, 5) is 18.1. The third-order valence-corrected chi connectivity index (χ3v) is 4.71. The van der Waals surface area contributed by atoms with E-state index in [0.29, 0.717) is 10.9 Å². The number of carbonyl (C=O) groups excluding carboxylic acids is 1. The fourth-order valence-electron chi connectivity index (χ4n) is 2.54. The number of aryl methyl sites for hydroxylation is 1. The molecule has 0 N–H and O–H groups in total. The van der Waals surface area contributed by atoms with Gasteiger partial charge in [-0.3, -0.25) is 9.69 Å². The van der Waals surface area contributed by atoms with Crippen LogP contribution < -0.4 is 14.4 Å². The molecular formula is C17H20N2O3S. The molecule has 122 valence electrons. The lowest BCUT2D eigenvalue weighted by atomic mass is 10.0. The van der Waals surface area contributed by atoms with Crippen molar-refractivity contribution in [3.05, 3.63) is 34.8 Å². The van der Waals surface area contributed by atoms with Gasteiger partial charge < -0.3 is 9.47 Å². The van der Waals surface area contributed by atoms with E-state index < -0.39 is 0 Å². The lowest BCUT2D eigenvalue weighted by Gasteiger charge is -2.19. The fraction of sp³-hybridized carbons (Fsp3) is 0.412. The maximum absolute atomic E-state index is 12.3. The first-order valence-electron chi connectivity index (χ1n) is 7.48. The van der Waals surface area contributed by atoms with Gasteiger partial charge >= 0.3 is 0 Å². The van der Waals surface area contributed by atoms with E-state index in [0.717, 1.165) is 23.4 Å². The molecule has 3 rings (SSSR count). The van der Waals surface area contributed by atoms with Crippen molar-refractivity contribution in [3.63, 3.8) is 0 Å². The van der Waals surface area contributed by atoms with Crippen LogP contribution in [0.5, 0.6) is 11.5 Å². The van der Waals surface area contributed by atoms with Crippen LogP contribution in [0.1, 0.15) is 25.1 Å². The smallest absolute Gasteiger partial charge is 0.266 e. The second-order valence-electron chi connectivity index (χ2n) is 6.30. The van der Waals surface area contributed by atoms with E-state index in [9.17, 15) is 4.79 Å². The number of rotatable bonds is 4. The summed E-state index contributed by atoms with van der Waals surface area (Å²) < 4.78 is 11.7. The molecule has 0 bridgehead atoms. The number of anilines is 1. The Hall–Kier alpha value is -2.08. The Bertz CT molecular complexity index is 739. The van der Waals surface area contributed by atoms with E-state index in [1.807, 2.05) is 44.4 Å². The molecule has 23 heavy (non-hydrogen) atoms. The van der Waals surface area contributed by atoms with E-state index in [1.54, 1.807) is 7.05 Å². The Morgan fingerprint density at radius 2 is 2.26 bits per heavy atom. The van der Waals surface area contributed by atoms with Gasteiger partial charge in [-0.2, -0.15) is 0 Å². The number of fused-ring (bicyclic) bond motifs is 1. The number of hydrogen-bond donors (Lipinski definition) is 0. The maximum atomic E-state index is 12.3. The zero-order valence-electron chi connectivity index (χ0n) is 13.8. The third-order valence-electron chi connectivity index (χ3n) is 3.67. The van der Waals surface area contributed by atoms with Crippen molar-refractivity contribution in [2.24, 2.45) is 0 Å². The lowest BCUT2D eigenvalue weighted by Crippen LogP contribution is -2.31. The van der Waals surface area contributed by atoms with E-state index >= 15 is 0 Å². The highest BCUT2D eigenvalue weighted by molar-refractivity contribution is 7.14. The minimum Gasteiger partial charge on any atom is -0.483 e. The Morgan fingerprint density at radius 1 is 1.48 bits per heavy atom. The summed E-state index contributed by atoms with van der Waals surface area (Å²) in [5, 5.41) is 2.59. The van der Waals surface area contributed by atoms with E-state index in [2.05, 4.69) is 4.98 Å². The SMILES string of the molecule is Cc1csc(N(C)C(=O)COc2cccc3c2OC(C)(C)C3)n1. The molecule has 6 heteroatoms. The third kappa shape index (κ3) is 3.32. The topological polar surface area (TPSA) is 51.7 Å². The van der Waals surface area contributed by atoms with Gasteiger partial charge in [0.1, 0.15) is 5.60 Å². The Kier molecular flexibility index (Phi) is 4.02. The Labute approximate surface area is 139 Å². The maximum Gasteiger partial charge on any atom is 0.266 e. The van der Waals surface area contributed by atoms with Gasteiger partial charge in [0.15, 0.2) is 23.2 Å². The van der Waals surface area contributed by atoms with E-state index in [4.69, 9.17) is 9.47 Å². The second-order valence-corrected chi connectivity index (χ2v) is 7.13. The summed E-state index contributed by atoms with van der Waals surface area (Å²) in [6.45, 7) is 5.94. The first-order valence-corrected chi connectivity index (χ1v) is 8.36. The van der Waals surface area contributed by atoms with Crippen LogP contribution in [0.2, 0.25) is 0 Å². The zero-order valence-corrected chi connectivity index (χ0v) is 14.6. The number of carbonyl (C=O) groups is 1. The molecule has 0 spiro atoms. The van der Waals surface area contributed by atoms with Crippen LogP contribution in [-0.4, -0.2) is 30.1 Å². The minimum absolute atomic E-state index is 0.0463. The van der Waals surface area contributed by atoms with Crippen molar-refractivity contribution in [1.82, 2.24) is 4.98 Å². The van der Waals surface area contributed by atoms with Crippen molar-refractivity contribution in [3.8, 4) is 11.5 Å². The summed E-state index contributed by atoms with van der Waals surface area (Å²) in [6.07, 6.45) is 0.839. The van der Waals surface area contributed by atoms with Crippen molar-refractivity contribution >= 4 is 22.4 Å². The van der Waals surface area contributed by atoms with Gasteiger partial charge in [-0.25, -0.2) is 4.98 Å². The highest BCUT2D eigenvalue weighted by Gasteiger charge is 2.32. The number of likely N-dealkylation sites (N-methyl/N-ethyl adjacent to an activating group) is 1. The molecule has 5 nitrogen and oxygen atoms in total. The van der Waals surface area contributed by atoms with Crippen LogP contribution in [0.3, 0.4) is 0 Å². The van der Waals surface area contributed by atoms with Crippen molar-refractivity contribution in [2.45, 2.75) is 32.8 Å². The largest absolute Gasteiger partial charge is 0.483 e. The normalized spacial score (nSPS) is 15.0. The second kappa shape index (κ2) is 5.85. The summed E-state index contributed by atoms with van der Waals surface area (Å²) in [7, 11) is 1.71. The predicted octanol–water partition coefficient (Wildman–Crippen LogP) is 3.21. The van der Waals surface area contributed by atoms with E-state index in [-0.39, 0.29) is 18.1 Å². The van der Waals surface area contributed by atoms with Crippen LogP contribution in [0.25, 0.3) is 0 Å². The molecule has 0 saturated heterocycles. The van der Waals surface area contributed by atoms with Crippen LogP contribution in [0, 0.1) is 6.92 Å². The number of benzene rings is 1. The number of hydrogen-bond acceptors (Lipinski definition) is 5. The highest BCUT2D eigenvalue weighted by atomic mass is 32.1.